The highest BCUT2D eigenvalue weighted by atomic mass is 14.4. The van der Waals surface area contributed by atoms with Crippen LogP contribution in [0.4, 0.5) is 0 Å². The van der Waals surface area contributed by atoms with Gasteiger partial charge in [-0.25, -0.2) is 0 Å². The van der Waals surface area contributed by atoms with Crippen LogP contribution >= 0.6 is 0 Å². The van der Waals surface area contributed by atoms with Crippen LogP contribution in [0, 0.1) is 24.7 Å². The van der Waals surface area contributed by atoms with Gasteiger partial charge in [0.25, 0.3) is 0 Å². The molecule has 10 heavy (non-hydrogen) atoms. The highest BCUT2D eigenvalue weighted by molar-refractivity contribution is 5.37. The van der Waals surface area contributed by atoms with E-state index in [4.69, 9.17) is 0 Å². The summed E-state index contributed by atoms with van der Waals surface area (Å²) in [7, 11) is 0. The van der Waals surface area contributed by atoms with Gasteiger partial charge in [-0.2, -0.15) is 0 Å². The fraction of sp³-hybridized carbons (Fsp3) is 0.400. The van der Waals surface area contributed by atoms with Crippen LogP contribution in [-0.2, 0) is 0 Å². The molecule has 2 aliphatic carbocycles. The quantitative estimate of drug-likeness (QED) is 0.475. The van der Waals surface area contributed by atoms with Crippen molar-refractivity contribution in [3.8, 4) is 0 Å². The van der Waals surface area contributed by atoms with Crippen LogP contribution in [0.1, 0.15) is 12.8 Å². The van der Waals surface area contributed by atoms with Gasteiger partial charge >= 0.3 is 0 Å². The van der Waals surface area contributed by atoms with Crippen molar-refractivity contribution in [1.82, 2.24) is 0 Å². The molecule has 0 heteroatoms. The maximum atomic E-state index is 4.01. The molecule has 0 aromatic rings. The van der Waals surface area contributed by atoms with Crippen molar-refractivity contribution < 1.29 is 0 Å². The van der Waals surface area contributed by atoms with Gasteiger partial charge in [-0.3, -0.25) is 0 Å². The summed E-state index contributed by atoms with van der Waals surface area (Å²) in [4.78, 5) is 0. The summed E-state index contributed by atoms with van der Waals surface area (Å²) >= 11 is 0. The standard InChI is InChI=1S/C10H12/c1-7-3-5-9-6-4-8(2)10(7)9/h3-4,9-10H,1-2,5-6H2. The second-order valence-corrected chi connectivity index (χ2v) is 3.27. The lowest BCUT2D eigenvalue weighted by atomic mass is 9.95. The second kappa shape index (κ2) is 1.98. The molecular formula is C10H12. The molecule has 0 aromatic heterocycles. The van der Waals surface area contributed by atoms with Gasteiger partial charge in [0.15, 0.2) is 0 Å². The summed E-state index contributed by atoms with van der Waals surface area (Å²) in [6, 6.07) is 0. The Morgan fingerprint density at radius 2 is 1.60 bits per heavy atom. The molecule has 0 amide bonds. The molecule has 0 bridgehead atoms. The van der Waals surface area contributed by atoms with E-state index in [0.717, 1.165) is 5.92 Å². The molecule has 2 radical (unpaired) electrons. The number of fused-ring (bicyclic) bond motifs is 1. The van der Waals surface area contributed by atoms with Gasteiger partial charge in [0, 0.05) is 5.92 Å². The van der Waals surface area contributed by atoms with E-state index < -0.39 is 0 Å². The normalized spacial score (nSPS) is 38.8. The highest BCUT2D eigenvalue weighted by Crippen LogP contribution is 2.47. The van der Waals surface area contributed by atoms with Crippen molar-refractivity contribution in [3.05, 3.63) is 37.1 Å². The van der Waals surface area contributed by atoms with Gasteiger partial charge < -0.3 is 0 Å². The van der Waals surface area contributed by atoms with Crippen LogP contribution in [0.15, 0.2) is 24.3 Å². The zero-order valence-corrected chi connectivity index (χ0v) is 6.14. The first kappa shape index (κ1) is 6.21. The summed E-state index contributed by atoms with van der Waals surface area (Å²) in [5.41, 5.74) is 2.59. The first-order chi connectivity index (χ1) is 4.79. The van der Waals surface area contributed by atoms with E-state index in [1.807, 2.05) is 0 Å². The number of allylic oxidation sites excluding steroid dienone is 2. The first-order valence-corrected chi connectivity index (χ1v) is 3.83. The van der Waals surface area contributed by atoms with E-state index >= 15 is 0 Å². The van der Waals surface area contributed by atoms with E-state index in [0.29, 0.717) is 5.92 Å². The van der Waals surface area contributed by atoms with Crippen LogP contribution in [-0.4, -0.2) is 0 Å². The molecule has 0 N–H and O–H groups in total. The Morgan fingerprint density at radius 1 is 1.10 bits per heavy atom. The SMILES string of the molecule is C=C1[CH]CC2C[CH]C(=C)C12. The smallest absolute Gasteiger partial charge is 0.00363 e. The minimum atomic E-state index is 0.611. The fourth-order valence-electron chi connectivity index (χ4n) is 2.07. The molecular weight excluding hydrogens is 120 g/mol. The molecule has 2 saturated carbocycles. The van der Waals surface area contributed by atoms with Crippen molar-refractivity contribution in [2.75, 3.05) is 0 Å². The van der Waals surface area contributed by atoms with Crippen LogP contribution in [0.25, 0.3) is 0 Å². The summed E-state index contributed by atoms with van der Waals surface area (Å²) in [6.07, 6.45) is 6.96. The second-order valence-electron chi connectivity index (χ2n) is 3.27. The molecule has 0 unspecified atom stereocenters. The van der Waals surface area contributed by atoms with Crippen molar-refractivity contribution in [3.63, 3.8) is 0 Å². The third-order valence-corrected chi connectivity index (χ3v) is 2.64. The van der Waals surface area contributed by atoms with E-state index in [-0.39, 0.29) is 0 Å². The molecule has 0 aliphatic heterocycles. The van der Waals surface area contributed by atoms with Gasteiger partial charge in [0.2, 0.25) is 0 Å². The van der Waals surface area contributed by atoms with Crippen molar-refractivity contribution in [2.45, 2.75) is 12.8 Å². The van der Waals surface area contributed by atoms with Crippen molar-refractivity contribution >= 4 is 0 Å². The third kappa shape index (κ3) is 0.681. The Hall–Kier alpha value is -0.520. The fourth-order valence-corrected chi connectivity index (χ4v) is 2.07. The lowest BCUT2D eigenvalue weighted by Crippen LogP contribution is -2.00. The van der Waals surface area contributed by atoms with Crippen molar-refractivity contribution in [2.24, 2.45) is 11.8 Å². The Balaban J connectivity index is 2.26. The third-order valence-electron chi connectivity index (χ3n) is 2.64. The lowest BCUT2D eigenvalue weighted by molar-refractivity contribution is 0.530. The van der Waals surface area contributed by atoms with Gasteiger partial charge in [0.1, 0.15) is 0 Å². The summed E-state index contributed by atoms with van der Waals surface area (Å²) < 4.78 is 0. The van der Waals surface area contributed by atoms with Gasteiger partial charge in [0.05, 0.1) is 0 Å². The van der Waals surface area contributed by atoms with Crippen LogP contribution < -0.4 is 0 Å². The molecule has 0 heterocycles. The van der Waals surface area contributed by atoms with Crippen LogP contribution in [0.3, 0.4) is 0 Å². The molecule has 0 spiro atoms. The topological polar surface area (TPSA) is 0 Å². The molecule has 2 fully saturated rings. The first-order valence-electron chi connectivity index (χ1n) is 3.83. The Kier molecular flexibility index (Phi) is 1.23. The minimum Gasteiger partial charge on any atom is -0.0989 e. The van der Waals surface area contributed by atoms with Gasteiger partial charge in [-0.1, -0.05) is 24.3 Å². The maximum absolute atomic E-state index is 4.01. The molecule has 2 rings (SSSR count). The molecule has 0 aromatic carbocycles. The number of hydrogen-bond donors (Lipinski definition) is 0. The van der Waals surface area contributed by atoms with Gasteiger partial charge in [-0.05, 0) is 31.6 Å². The van der Waals surface area contributed by atoms with Crippen LogP contribution in [0.5, 0.6) is 0 Å². The average Bonchev–Trinajstić information content (AvgIpc) is 2.40. The van der Waals surface area contributed by atoms with E-state index in [1.165, 1.54) is 24.0 Å². The Labute approximate surface area is 62.6 Å². The van der Waals surface area contributed by atoms with E-state index in [2.05, 4.69) is 26.0 Å². The Bertz CT molecular complexity index is 168. The molecule has 0 saturated heterocycles. The monoisotopic (exact) mass is 132 g/mol. The largest absolute Gasteiger partial charge is 0.0989 e. The predicted octanol–water partition coefficient (Wildman–Crippen LogP) is 2.55. The molecule has 0 atom stereocenters. The molecule has 0 nitrogen and oxygen atoms in total. The lowest BCUT2D eigenvalue weighted by Gasteiger charge is -2.09. The molecule has 2 aliphatic rings. The van der Waals surface area contributed by atoms with E-state index in [1.54, 1.807) is 0 Å². The highest BCUT2D eigenvalue weighted by Gasteiger charge is 2.36. The minimum absolute atomic E-state index is 0.611. The summed E-state index contributed by atoms with van der Waals surface area (Å²) in [5.74, 6) is 1.43. The average molecular weight is 132 g/mol. The number of hydrogen-bond acceptors (Lipinski definition) is 0. The summed E-state index contributed by atoms with van der Waals surface area (Å²) in [5, 5.41) is 0. The van der Waals surface area contributed by atoms with Crippen LogP contribution in [0.2, 0.25) is 0 Å². The number of rotatable bonds is 0. The Morgan fingerprint density at radius 3 is 2.00 bits per heavy atom. The van der Waals surface area contributed by atoms with Crippen molar-refractivity contribution in [1.29, 1.82) is 0 Å². The predicted molar refractivity (Wildman–Crippen MR) is 43.1 cm³/mol. The maximum Gasteiger partial charge on any atom is 0.00363 e. The van der Waals surface area contributed by atoms with E-state index in [9.17, 15) is 0 Å². The van der Waals surface area contributed by atoms with Gasteiger partial charge in [-0.15, -0.1) is 0 Å². The zero-order chi connectivity index (χ0) is 7.14. The summed E-state index contributed by atoms with van der Waals surface area (Å²) in [6.45, 7) is 8.02. The molecule has 52 valence electrons. The zero-order valence-electron chi connectivity index (χ0n) is 6.14.